The van der Waals surface area contributed by atoms with Gasteiger partial charge in [-0.1, -0.05) is 11.3 Å². The Balaban J connectivity index is 2.42. The quantitative estimate of drug-likeness (QED) is 0.816. The lowest BCUT2D eigenvalue weighted by molar-refractivity contribution is -0.137. The fourth-order valence-electron chi connectivity index (χ4n) is 0.899. The summed E-state index contributed by atoms with van der Waals surface area (Å²) < 4.78 is 0. The molecular formula is C8H12N4O3S. The zero-order valence-corrected chi connectivity index (χ0v) is 9.74. The molecule has 1 aromatic heterocycles. The molecule has 0 aliphatic rings. The molecule has 0 fully saturated rings. The molecule has 2 N–H and O–H groups in total. The lowest BCUT2D eigenvalue weighted by Gasteiger charge is -2.15. The van der Waals surface area contributed by atoms with E-state index in [2.05, 4.69) is 15.5 Å². The van der Waals surface area contributed by atoms with E-state index in [0.717, 1.165) is 5.01 Å². The fraction of sp³-hybridized carbons (Fsp3) is 0.500. The number of carbonyl (C=O) groups excluding carboxylic acids is 1. The first-order valence-electron chi connectivity index (χ1n) is 4.53. The molecule has 0 saturated heterocycles. The number of aromatic nitrogens is 2. The van der Waals surface area contributed by atoms with Crippen LogP contribution in [0.25, 0.3) is 0 Å². The summed E-state index contributed by atoms with van der Waals surface area (Å²) in [5, 5.41) is 19.6. The first-order valence-corrected chi connectivity index (χ1v) is 5.34. The van der Waals surface area contributed by atoms with Crippen LogP contribution in [0.1, 0.15) is 11.4 Å². The third-order valence-electron chi connectivity index (χ3n) is 1.75. The molecule has 0 unspecified atom stereocenters. The number of carboxylic acid groups (broad SMARTS) is 1. The molecule has 0 bridgehead atoms. The van der Waals surface area contributed by atoms with Crippen LogP contribution in [-0.2, 0) is 4.79 Å². The van der Waals surface area contributed by atoms with Crippen molar-refractivity contribution in [1.82, 2.24) is 15.1 Å². The third-order valence-corrected chi connectivity index (χ3v) is 2.50. The Kier molecular flexibility index (Phi) is 4.18. The van der Waals surface area contributed by atoms with Crippen molar-refractivity contribution in [3.05, 3.63) is 5.01 Å². The summed E-state index contributed by atoms with van der Waals surface area (Å²) in [6, 6.07) is -0.391. The van der Waals surface area contributed by atoms with Gasteiger partial charge in [0.1, 0.15) is 5.01 Å². The van der Waals surface area contributed by atoms with Gasteiger partial charge in [-0.15, -0.1) is 10.2 Å². The Hall–Kier alpha value is -1.70. The van der Waals surface area contributed by atoms with Gasteiger partial charge in [0.25, 0.3) is 0 Å². The van der Waals surface area contributed by atoms with Crippen molar-refractivity contribution in [2.24, 2.45) is 0 Å². The number of aliphatic carboxylic acids is 1. The molecule has 1 rings (SSSR count). The molecule has 0 aliphatic heterocycles. The molecule has 0 atom stereocenters. The molecule has 0 spiro atoms. The number of urea groups is 1. The van der Waals surface area contributed by atoms with E-state index in [1.807, 2.05) is 0 Å². The van der Waals surface area contributed by atoms with Gasteiger partial charge in [-0.2, -0.15) is 0 Å². The summed E-state index contributed by atoms with van der Waals surface area (Å²) in [6.07, 6.45) is -0.0843. The van der Waals surface area contributed by atoms with E-state index in [4.69, 9.17) is 5.11 Å². The smallest absolute Gasteiger partial charge is 0.323 e. The number of rotatable bonds is 4. The van der Waals surface area contributed by atoms with Crippen molar-refractivity contribution in [3.8, 4) is 0 Å². The highest BCUT2D eigenvalue weighted by Gasteiger charge is 2.12. The van der Waals surface area contributed by atoms with Gasteiger partial charge in [0.2, 0.25) is 5.13 Å². The van der Waals surface area contributed by atoms with Gasteiger partial charge in [-0.25, -0.2) is 4.79 Å². The van der Waals surface area contributed by atoms with Gasteiger partial charge in [-0.05, 0) is 6.92 Å². The van der Waals surface area contributed by atoms with Crippen LogP contribution in [0.5, 0.6) is 0 Å². The van der Waals surface area contributed by atoms with E-state index in [1.165, 1.54) is 23.3 Å². The summed E-state index contributed by atoms with van der Waals surface area (Å²) in [6.45, 7) is 1.93. The number of carboxylic acids is 1. The molecule has 1 heterocycles. The standard InChI is InChI=1S/C8H12N4O3S/c1-5-10-11-7(16-5)9-8(15)12(2)4-3-6(13)14/h3-4H2,1-2H3,(H,13,14)(H,9,11,15). The molecule has 1 aromatic rings. The van der Waals surface area contributed by atoms with Crippen molar-refractivity contribution in [1.29, 1.82) is 0 Å². The number of carbonyl (C=O) groups is 2. The van der Waals surface area contributed by atoms with Crippen LogP contribution in [0, 0.1) is 6.92 Å². The third kappa shape index (κ3) is 3.81. The molecule has 88 valence electrons. The molecule has 2 amide bonds. The van der Waals surface area contributed by atoms with Crippen LogP contribution in [0.4, 0.5) is 9.93 Å². The molecule has 0 saturated carbocycles. The second kappa shape index (κ2) is 5.40. The van der Waals surface area contributed by atoms with Crippen molar-refractivity contribution >= 4 is 28.5 Å². The van der Waals surface area contributed by atoms with Gasteiger partial charge in [0.15, 0.2) is 0 Å². The van der Waals surface area contributed by atoms with E-state index in [9.17, 15) is 9.59 Å². The minimum absolute atomic E-state index is 0.0843. The van der Waals surface area contributed by atoms with Gasteiger partial charge in [0, 0.05) is 13.6 Å². The molecule has 0 radical (unpaired) electrons. The molecule has 16 heavy (non-hydrogen) atoms. The summed E-state index contributed by atoms with van der Waals surface area (Å²) in [4.78, 5) is 23.1. The first-order chi connectivity index (χ1) is 7.49. The van der Waals surface area contributed by atoms with Crippen molar-refractivity contribution in [2.75, 3.05) is 18.9 Å². The normalized spacial score (nSPS) is 9.88. The van der Waals surface area contributed by atoms with E-state index in [-0.39, 0.29) is 13.0 Å². The summed E-state index contributed by atoms with van der Waals surface area (Å²) in [7, 11) is 1.52. The van der Waals surface area contributed by atoms with Crippen LogP contribution in [0.2, 0.25) is 0 Å². The van der Waals surface area contributed by atoms with Crippen LogP contribution >= 0.6 is 11.3 Å². The maximum Gasteiger partial charge on any atom is 0.323 e. The maximum absolute atomic E-state index is 11.5. The zero-order chi connectivity index (χ0) is 12.1. The first kappa shape index (κ1) is 12.4. The predicted molar refractivity (Wildman–Crippen MR) is 58.5 cm³/mol. The highest BCUT2D eigenvalue weighted by Crippen LogP contribution is 2.13. The van der Waals surface area contributed by atoms with Crippen molar-refractivity contribution < 1.29 is 14.7 Å². The number of aryl methyl sites for hydroxylation is 1. The van der Waals surface area contributed by atoms with Gasteiger partial charge >= 0.3 is 12.0 Å². The summed E-state index contributed by atoms with van der Waals surface area (Å²) >= 11 is 1.26. The van der Waals surface area contributed by atoms with Gasteiger partial charge < -0.3 is 10.0 Å². The predicted octanol–water partition coefficient (Wildman–Crippen LogP) is 0.785. The number of nitrogens with one attached hydrogen (secondary N) is 1. The van der Waals surface area contributed by atoms with Crippen LogP contribution in [0.15, 0.2) is 0 Å². The number of amides is 2. The zero-order valence-electron chi connectivity index (χ0n) is 8.93. The van der Waals surface area contributed by atoms with E-state index >= 15 is 0 Å². The van der Waals surface area contributed by atoms with Gasteiger partial charge in [-0.3, -0.25) is 10.1 Å². The SMILES string of the molecule is Cc1nnc(NC(=O)N(C)CCC(=O)O)s1. The van der Waals surface area contributed by atoms with Crippen molar-refractivity contribution in [3.63, 3.8) is 0 Å². The molecule has 8 heteroatoms. The van der Waals surface area contributed by atoms with E-state index < -0.39 is 12.0 Å². The van der Waals surface area contributed by atoms with E-state index in [0.29, 0.717) is 5.13 Å². The van der Waals surface area contributed by atoms with Crippen LogP contribution in [0.3, 0.4) is 0 Å². The fourth-order valence-corrected chi connectivity index (χ4v) is 1.48. The number of hydrogen-bond donors (Lipinski definition) is 2. The molecular weight excluding hydrogens is 232 g/mol. The highest BCUT2D eigenvalue weighted by molar-refractivity contribution is 7.15. The lowest BCUT2D eigenvalue weighted by Crippen LogP contribution is -2.33. The average Bonchev–Trinajstić information content (AvgIpc) is 2.60. The average molecular weight is 244 g/mol. The Labute approximate surface area is 96.1 Å². The van der Waals surface area contributed by atoms with Crippen LogP contribution < -0.4 is 5.32 Å². The lowest BCUT2D eigenvalue weighted by atomic mass is 10.4. The highest BCUT2D eigenvalue weighted by atomic mass is 32.1. The second-order valence-electron chi connectivity index (χ2n) is 3.12. The molecule has 0 aliphatic carbocycles. The summed E-state index contributed by atoms with van der Waals surface area (Å²) in [5.41, 5.74) is 0. The second-order valence-corrected chi connectivity index (χ2v) is 4.30. The minimum Gasteiger partial charge on any atom is -0.481 e. The number of hydrogen-bond acceptors (Lipinski definition) is 5. The number of anilines is 1. The Bertz CT molecular complexity index is 392. The maximum atomic E-state index is 11.5. The summed E-state index contributed by atoms with van der Waals surface area (Å²) in [5.74, 6) is -0.939. The Morgan fingerprint density at radius 3 is 2.69 bits per heavy atom. The van der Waals surface area contributed by atoms with Crippen molar-refractivity contribution in [2.45, 2.75) is 13.3 Å². The largest absolute Gasteiger partial charge is 0.481 e. The Morgan fingerprint density at radius 2 is 2.19 bits per heavy atom. The topological polar surface area (TPSA) is 95.4 Å². The molecule has 0 aromatic carbocycles. The monoisotopic (exact) mass is 244 g/mol. The minimum atomic E-state index is -0.939. The Morgan fingerprint density at radius 1 is 1.50 bits per heavy atom. The number of nitrogens with zero attached hydrogens (tertiary/aromatic N) is 3. The van der Waals surface area contributed by atoms with Crippen LogP contribution in [-0.4, -0.2) is 45.8 Å². The molecule has 7 nitrogen and oxygen atoms in total. The van der Waals surface area contributed by atoms with E-state index in [1.54, 1.807) is 6.92 Å². The van der Waals surface area contributed by atoms with Gasteiger partial charge in [0.05, 0.1) is 6.42 Å².